The maximum atomic E-state index is 5.42. The first-order chi connectivity index (χ1) is 6.81. The zero-order valence-electron chi connectivity index (χ0n) is 8.25. The van der Waals surface area contributed by atoms with Crippen molar-refractivity contribution < 1.29 is 0 Å². The second kappa shape index (κ2) is 3.68. The number of aryl methyl sites for hydroxylation is 1. The molecule has 0 amide bonds. The number of hydrogen-bond acceptors (Lipinski definition) is 1. The number of aromatic nitrogens is 1. The lowest BCUT2D eigenvalue weighted by atomic mass is 10.1. The smallest absolute Gasteiger partial charge is 0.0462 e. The van der Waals surface area contributed by atoms with Gasteiger partial charge in [0, 0.05) is 23.6 Å². The quantitative estimate of drug-likeness (QED) is 0.743. The molecule has 1 aromatic heterocycles. The summed E-state index contributed by atoms with van der Waals surface area (Å²) >= 11 is 0. The van der Waals surface area contributed by atoms with Crippen molar-refractivity contribution in [3.05, 3.63) is 41.6 Å². The Balaban J connectivity index is 2.53. The second-order valence-electron chi connectivity index (χ2n) is 3.43. The summed E-state index contributed by atoms with van der Waals surface area (Å²) in [5, 5.41) is 1.25. The molecule has 2 aromatic rings. The number of rotatable bonds is 2. The van der Waals surface area contributed by atoms with E-state index < -0.39 is 0 Å². The van der Waals surface area contributed by atoms with Crippen molar-refractivity contribution in [1.82, 2.24) is 4.98 Å². The van der Waals surface area contributed by atoms with Crippen LogP contribution in [0.3, 0.4) is 0 Å². The van der Waals surface area contributed by atoms with Gasteiger partial charge in [0.15, 0.2) is 0 Å². The highest BCUT2D eigenvalue weighted by Crippen LogP contribution is 2.20. The lowest BCUT2D eigenvalue weighted by Gasteiger charge is -1.93. The number of hydrogen-bond donors (Lipinski definition) is 2. The average Bonchev–Trinajstić information content (AvgIpc) is 2.57. The van der Waals surface area contributed by atoms with Crippen LogP contribution < -0.4 is 5.73 Å². The molecule has 0 atom stereocenters. The van der Waals surface area contributed by atoms with E-state index in [1.807, 2.05) is 18.3 Å². The summed E-state index contributed by atoms with van der Waals surface area (Å²) in [6.45, 7) is 2.67. The van der Waals surface area contributed by atoms with E-state index in [9.17, 15) is 0 Å². The predicted molar refractivity (Wildman–Crippen MR) is 61.1 cm³/mol. The van der Waals surface area contributed by atoms with Gasteiger partial charge in [-0.05, 0) is 24.1 Å². The van der Waals surface area contributed by atoms with Gasteiger partial charge in [-0.25, -0.2) is 0 Å². The van der Waals surface area contributed by atoms with E-state index in [2.05, 4.69) is 30.1 Å². The normalized spacial score (nSPS) is 11.6. The molecule has 2 nitrogen and oxygen atoms in total. The zero-order chi connectivity index (χ0) is 9.97. The molecule has 14 heavy (non-hydrogen) atoms. The van der Waals surface area contributed by atoms with Crippen molar-refractivity contribution in [3.63, 3.8) is 0 Å². The number of H-pyrrole nitrogens is 1. The first kappa shape index (κ1) is 9.03. The highest BCUT2D eigenvalue weighted by molar-refractivity contribution is 5.89. The largest absolute Gasteiger partial charge is 0.361 e. The fraction of sp³-hybridized carbons (Fsp3) is 0.167. The number of benzene rings is 1. The van der Waals surface area contributed by atoms with Gasteiger partial charge >= 0.3 is 0 Å². The third kappa shape index (κ3) is 1.56. The first-order valence-electron chi connectivity index (χ1n) is 4.75. The van der Waals surface area contributed by atoms with E-state index in [0.29, 0.717) is 6.54 Å². The minimum Gasteiger partial charge on any atom is -0.361 e. The molecule has 0 fully saturated rings. The molecular weight excluding hydrogens is 172 g/mol. The molecule has 0 radical (unpaired) electrons. The summed E-state index contributed by atoms with van der Waals surface area (Å²) in [6.07, 6.45) is 6.02. The van der Waals surface area contributed by atoms with Crippen molar-refractivity contribution in [3.8, 4) is 0 Å². The van der Waals surface area contributed by atoms with Crippen LogP contribution in [0.5, 0.6) is 0 Å². The highest BCUT2D eigenvalue weighted by atomic mass is 14.7. The predicted octanol–water partition coefficient (Wildman–Crippen LogP) is 2.45. The molecule has 0 aliphatic rings. The molecule has 0 aliphatic carbocycles. The standard InChI is InChI=1S/C12H14N2/c1-9-4-5-11-10(3-2-6-13)8-14-12(11)7-9/h2-5,7-8,14H,6,13H2,1H3. The van der Waals surface area contributed by atoms with Crippen molar-refractivity contribution >= 4 is 17.0 Å². The Morgan fingerprint density at radius 2 is 2.29 bits per heavy atom. The SMILES string of the molecule is Cc1ccc2c(C=CCN)c[nH]c2c1. The second-order valence-corrected chi connectivity index (χ2v) is 3.43. The maximum Gasteiger partial charge on any atom is 0.0462 e. The molecule has 2 rings (SSSR count). The van der Waals surface area contributed by atoms with Gasteiger partial charge in [0.1, 0.15) is 0 Å². The summed E-state index contributed by atoms with van der Waals surface area (Å²) < 4.78 is 0. The molecule has 0 spiro atoms. The molecule has 1 aromatic carbocycles. The van der Waals surface area contributed by atoms with Gasteiger partial charge in [-0.1, -0.05) is 24.3 Å². The number of nitrogens with one attached hydrogen (secondary N) is 1. The molecule has 0 aliphatic heterocycles. The van der Waals surface area contributed by atoms with E-state index in [4.69, 9.17) is 5.73 Å². The minimum absolute atomic E-state index is 0.582. The fourth-order valence-electron chi connectivity index (χ4n) is 1.60. The third-order valence-electron chi connectivity index (χ3n) is 2.30. The van der Waals surface area contributed by atoms with E-state index >= 15 is 0 Å². The van der Waals surface area contributed by atoms with Gasteiger partial charge in [0.05, 0.1) is 0 Å². The monoisotopic (exact) mass is 186 g/mol. The summed E-state index contributed by atoms with van der Waals surface area (Å²) in [5.74, 6) is 0. The van der Waals surface area contributed by atoms with Crippen molar-refractivity contribution in [1.29, 1.82) is 0 Å². The van der Waals surface area contributed by atoms with Crippen LogP contribution in [0.2, 0.25) is 0 Å². The van der Waals surface area contributed by atoms with Crippen LogP contribution in [0.4, 0.5) is 0 Å². The van der Waals surface area contributed by atoms with E-state index in [0.717, 1.165) is 0 Å². The van der Waals surface area contributed by atoms with Gasteiger partial charge in [-0.15, -0.1) is 0 Å². The topological polar surface area (TPSA) is 41.8 Å². The molecule has 0 unspecified atom stereocenters. The van der Waals surface area contributed by atoms with Crippen molar-refractivity contribution in [2.45, 2.75) is 6.92 Å². The molecule has 0 bridgehead atoms. The van der Waals surface area contributed by atoms with Crippen LogP contribution in [0, 0.1) is 6.92 Å². The van der Waals surface area contributed by atoms with E-state index in [1.54, 1.807) is 0 Å². The lowest BCUT2D eigenvalue weighted by Crippen LogP contribution is -1.91. The van der Waals surface area contributed by atoms with Crippen LogP contribution in [0.1, 0.15) is 11.1 Å². The Morgan fingerprint density at radius 3 is 3.07 bits per heavy atom. The number of aromatic amines is 1. The Bertz CT molecular complexity index is 466. The Hall–Kier alpha value is -1.54. The Kier molecular flexibility index (Phi) is 2.37. The first-order valence-corrected chi connectivity index (χ1v) is 4.75. The molecule has 0 saturated heterocycles. The third-order valence-corrected chi connectivity index (χ3v) is 2.30. The van der Waals surface area contributed by atoms with E-state index in [1.165, 1.54) is 22.0 Å². The summed E-state index contributed by atoms with van der Waals surface area (Å²) in [5.41, 5.74) is 9.07. The lowest BCUT2D eigenvalue weighted by molar-refractivity contribution is 1.26. The van der Waals surface area contributed by atoms with Crippen LogP contribution >= 0.6 is 0 Å². The molecule has 1 heterocycles. The van der Waals surface area contributed by atoms with Crippen LogP contribution in [-0.4, -0.2) is 11.5 Å². The minimum atomic E-state index is 0.582. The number of nitrogens with two attached hydrogens (primary N) is 1. The Morgan fingerprint density at radius 1 is 1.43 bits per heavy atom. The van der Waals surface area contributed by atoms with Crippen LogP contribution in [0.25, 0.3) is 17.0 Å². The maximum absolute atomic E-state index is 5.42. The molecule has 2 heteroatoms. The molecule has 0 saturated carbocycles. The number of fused-ring (bicyclic) bond motifs is 1. The Labute approximate surface area is 83.4 Å². The summed E-state index contributed by atoms with van der Waals surface area (Å²) in [4.78, 5) is 3.25. The van der Waals surface area contributed by atoms with Gasteiger partial charge in [-0.2, -0.15) is 0 Å². The highest BCUT2D eigenvalue weighted by Gasteiger charge is 1.99. The van der Waals surface area contributed by atoms with Gasteiger partial charge < -0.3 is 10.7 Å². The van der Waals surface area contributed by atoms with Gasteiger partial charge in [-0.3, -0.25) is 0 Å². The average molecular weight is 186 g/mol. The van der Waals surface area contributed by atoms with Gasteiger partial charge in [0.2, 0.25) is 0 Å². The molecule has 72 valence electrons. The molecule has 3 N–H and O–H groups in total. The zero-order valence-corrected chi connectivity index (χ0v) is 8.25. The van der Waals surface area contributed by atoms with Crippen molar-refractivity contribution in [2.24, 2.45) is 5.73 Å². The van der Waals surface area contributed by atoms with Crippen LogP contribution in [-0.2, 0) is 0 Å². The van der Waals surface area contributed by atoms with Crippen molar-refractivity contribution in [2.75, 3.05) is 6.54 Å². The summed E-state index contributed by atoms with van der Waals surface area (Å²) in [7, 11) is 0. The fourth-order valence-corrected chi connectivity index (χ4v) is 1.60. The molecular formula is C12H14N2. The van der Waals surface area contributed by atoms with Crippen LogP contribution in [0.15, 0.2) is 30.5 Å². The van der Waals surface area contributed by atoms with E-state index in [-0.39, 0.29) is 0 Å². The summed E-state index contributed by atoms with van der Waals surface area (Å²) in [6, 6.07) is 6.41. The van der Waals surface area contributed by atoms with Gasteiger partial charge in [0.25, 0.3) is 0 Å².